The van der Waals surface area contributed by atoms with E-state index in [1.165, 1.54) is 6.07 Å². The Kier molecular flexibility index (Phi) is 5.03. The lowest BCUT2D eigenvalue weighted by Gasteiger charge is -2.28. The molecule has 1 aromatic rings. The van der Waals surface area contributed by atoms with Gasteiger partial charge in [-0.3, -0.25) is 4.79 Å². The summed E-state index contributed by atoms with van der Waals surface area (Å²) in [5.41, 5.74) is -1.56. The standard InChI is InChI=1S/C11H13ClFNO4/c12-9-3-7(13)1-2-8(9)10(18)14-11(4-15,5-16)6-17/h1-3,15-17H,4-6H2,(H,14,18). The van der Waals surface area contributed by atoms with Gasteiger partial charge in [0, 0.05) is 0 Å². The fourth-order valence-electron chi connectivity index (χ4n) is 1.25. The highest BCUT2D eigenvalue weighted by atomic mass is 35.5. The molecule has 0 fully saturated rings. The highest BCUT2D eigenvalue weighted by molar-refractivity contribution is 6.33. The molecule has 4 N–H and O–H groups in total. The SMILES string of the molecule is O=C(NC(CO)(CO)CO)c1ccc(F)cc1Cl. The van der Waals surface area contributed by atoms with Crippen molar-refractivity contribution in [2.45, 2.75) is 5.54 Å². The molecule has 1 amide bonds. The molecule has 0 atom stereocenters. The Hall–Kier alpha value is -1.21. The molecule has 0 saturated heterocycles. The van der Waals surface area contributed by atoms with E-state index < -0.39 is 37.1 Å². The molecule has 0 aliphatic carbocycles. The highest BCUT2D eigenvalue weighted by Crippen LogP contribution is 2.18. The Bertz CT molecular complexity index is 429. The van der Waals surface area contributed by atoms with Crippen LogP contribution in [-0.4, -0.2) is 46.6 Å². The molecule has 18 heavy (non-hydrogen) atoms. The Morgan fingerprint density at radius 2 is 1.83 bits per heavy atom. The second-order valence-electron chi connectivity index (χ2n) is 3.83. The molecule has 0 bridgehead atoms. The molecule has 100 valence electrons. The van der Waals surface area contributed by atoms with Crippen LogP contribution in [0.1, 0.15) is 10.4 Å². The van der Waals surface area contributed by atoms with Crippen molar-refractivity contribution >= 4 is 17.5 Å². The van der Waals surface area contributed by atoms with Crippen molar-refractivity contribution in [3.63, 3.8) is 0 Å². The molecule has 0 unspecified atom stereocenters. The summed E-state index contributed by atoms with van der Waals surface area (Å²) in [4.78, 5) is 11.8. The van der Waals surface area contributed by atoms with Crippen LogP contribution in [0.3, 0.4) is 0 Å². The van der Waals surface area contributed by atoms with E-state index >= 15 is 0 Å². The van der Waals surface area contributed by atoms with Crippen molar-refractivity contribution in [2.24, 2.45) is 0 Å². The van der Waals surface area contributed by atoms with Crippen LogP contribution in [0.25, 0.3) is 0 Å². The van der Waals surface area contributed by atoms with Gasteiger partial charge in [-0.05, 0) is 18.2 Å². The van der Waals surface area contributed by atoms with Gasteiger partial charge < -0.3 is 20.6 Å². The third-order valence-corrected chi connectivity index (χ3v) is 2.78. The van der Waals surface area contributed by atoms with Crippen LogP contribution < -0.4 is 5.32 Å². The first-order valence-electron chi connectivity index (χ1n) is 5.08. The van der Waals surface area contributed by atoms with Crippen LogP contribution >= 0.6 is 11.6 Å². The lowest BCUT2D eigenvalue weighted by Crippen LogP contribution is -2.57. The van der Waals surface area contributed by atoms with Gasteiger partial charge in [-0.25, -0.2) is 4.39 Å². The van der Waals surface area contributed by atoms with Crippen molar-refractivity contribution < 1.29 is 24.5 Å². The molecular formula is C11H13ClFNO4. The maximum absolute atomic E-state index is 12.8. The summed E-state index contributed by atoms with van der Waals surface area (Å²) in [5, 5.41) is 29.3. The molecule has 7 heteroatoms. The molecule has 0 heterocycles. The quantitative estimate of drug-likeness (QED) is 0.606. The fraction of sp³-hybridized carbons (Fsp3) is 0.364. The number of aliphatic hydroxyl groups excluding tert-OH is 3. The smallest absolute Gasteiger partial charge is 0.253 e. The van der Waals surface area contributed by atoms with Gasteiger partial charge in [0.25, 0.3) is 5.91 Å². The molecule has 1 rings (SSSR count). The molecule has 0 aliphatic heterocycles. The summed E-state index contributed by atoms with van der Waals surface area (Å²) in [6.07, 6.45) is 0. The number of carbonyl (C=O) groups is 1. The number of hydrogen-bond acceptors (Lipinski definition) is 4. The molecule has 5 nitrogen and oxygen atoms in total. The Morgan fingerprint density at radius 3 is 2.28 bits per heavy atom. The van der Waals surface area contributed by atoms with E-state index in [1.54, 1.807) is 0 Å². The van der Waals surface area contributed by atoms with Gasteiger partial charge in [-0.1, -0.05) is 11.6 Å². The normalized spacial score (nSPS) is 11.4. The number of carbonyl (C=O) groups excluding carboxylic acids is 1. The van der Waals surface area contributed by atoms with Crippen LogP contribution in [-0.2, 0) is 0 Å². The second-order valence-corrected chi connectivity index (χ2v) is 4.24. The van der Waals surface area contributed by atoms with E-state index in [4.69, 9.17) is 26.9 Å². The summed E-state index contributed by atoms with van der Waals surface area (Å²) in [6, 6.07) is 3.19. The maximum atomic E-state index is 12.8. The molecular weight excluding hydrogens is 265 g/mol. The summed E-state index contributed by atoms with van der Waals surface area (Å²) < 4.78 is 12.8. The third kappa shape index (κ3) is 3.17. The average molecular weight is 278 g/mol. The van der Waals surface area contributed by atoms with Crippen LogP contribution in [0, 0.1) is 5.82 Å². The lowest BCUT2D eigenvalue weighted by atomic mass is 10.0. The number of benzene rings is 1. The van der Waals surface area contributed by atoms with Gasteiger partial charge in [0.15, 0.2) is 0 Å². The molecule has 1 aromatic carbocycles. The van der Waals surface area contributed by atoms with E-state index in [2.05, 4.69) is 5.32 Å². The van der Waals surface area contributed by atoms with Gasteiger partial charge >= 0.3 is 0 Å². The van der Waals surface area contributed by atoms with Gasteiger partial charge in [0.05, 0.1) is 30.4 Å². The minimum atomic E-state index is -1.55. The molecule has 0 aliphatic rings. The number of halogens is 2. The van der Waals surface area contributed by atoms with Gasteiger partial charge in [0.1, 0.15) is 11.4 Å². The largest absolute Gasteiger partial charge is 0.394 e. The van der Waals surface area contributed by atoms with E-state index in [9.17, 15) is 9.18 Å². The summed E-state index contributed by atoms with van der Waals surface area (Å²) >= 11 is 5.69. The first-order chi connectivity index (χ1) is 8.48. The number of rotatable bonds is 5. The number of hydrogen-bond donors (Lipinski definition) is 4. The van der Waals surface area contributed by atoms with Crippen molar-refractivity contribution in [1.82, 2.24) is 5.32 Å². The highest BCUT2D eigenvalue weighted by Gasteiger charge is 2.30. The van der Waals surface area contributed by atoms with Crippen LogP contribution in [0.2, 0.25) is 5.02 Å². The Balaban J connectivity index is 2.94. The predicted octanol–water partition coefficient (Wildman–Crippen LogP) is -0.0754. The van der Waals surface area contributed by atoms with Gasteiger partial charge in [-0.15, -0.1) is 0 Å². The van der Waals surface area contributed by atoms with Crippen molar-refractivity contribution in [2.75, 3.05) is 19.8 Å². The van der Waals surface area contributed by atoms with Crippen LogP contribution in [0.5, 0.6) is 0 Å². The fourth-order valence-corrected chi connectivity index (χ4v) is 1.50. The van der Waals surface area contributed by atoms with Crippen molar-refractivity contribution in [1.29, 1.82) is 0 Å². The first-order valence-corrected chi connectivity index (χ1v) is 5.46. The monoisotopic (exact) mass is 277 g/mol. The van der Waals surface area contributed by atoms with Crippen molar-refractivity contribution in [3.05, 3.63) is 34.6 Å². The van der Waals surface area contributed by atoms with E-state index in [-0.39, 0.29) is 10.6 Å². The summed E-state index contributed by atoms with van der Waals surface area (Å²) in [7, 11) is 0. The number of amides is 1. The zero-order valence-electron chi connectivity index (χ0n) is 9.36. The van der Waals surface area contributed by atoms with E-state index in [0.717, 1.165) is 12.1 Å². The minimum Gasteiger partial charge on any atom is -0.394 e. The predicted molar refractivity (Wildman–Crippen MR) is 62.9 cm³/mol. The van der Waals surface area contributed by atoms with Crippen LogP contribution in [0.15, 0.2) is 18.2 Å². The zero-order chi connectivity index (χ0) is 13.8. The maximum Gasteiger partial charge on any atom is 0.253 e. The first kappa shape index (κ1) is 14.8. The number of nitrogens with one attached hydrogen (secondary N) is 1. The zero-order valence-corrected chi connectivity index (χ0v) is 10.1. The van der Waals surface area contributed by atoms with Crippen molar-refractivity contribution in [3.8, 4) is 0 Å². The Labute approximate surface area is 108 Å². The summed E-state index contributed by atoms with van der Waals surface area (Å²) in [6.45, 7) is -1.94. The third-order valence-electron chi connectivity index (χ3n) is 2.46. The van der Waals surface area contributed by atoms with E-state index in [0.29, 0.717) is 0 Å². The van der Waals surface area contributed by atoms with Gasteiger partial charge in [0.2, 0.25) is 0 Å². The average Bonchev–Trinajstić information content (AvgIpc) is 2.36. The van der Waals surface area contributed by atoms with Gasteiger partial charge in [-0.2, -0.15) is 0 Å². The Morgan fingerprint density at radius 1 is 1.28 bits per heavy atom. The second kappa shape index (κ2) is 6.10. The number of aliphatic hydroxyl groups is 3. The molecule has 0 spiro atoms. The topological polar surface area (TPSA) is 89.8 Å². The van der Waals surface area contributed by atoms with Crippen LogP contribution in [0.4, 0.5) is 4.39 Å². The summed E-state index contributed by atoms with van der Waals surface area (Å²) in [5.74, 6) is -1.31. The lowest BCUT2D eigenvalue weighted by molar-refractivity contribution is 0.0375. The molecule has 0 aromatic heterocycles. The molecule has 0 radical (unpaired) electrons. The minimum absolute atomic E-state index is 0.0159. The molecule has 0 saturated carbocycles. The van der Waals surface area contributed by atoms with E-state index in [1.807, 2.05) is 0 Å².